The van der Waals surface area contributed by atoms with Crippen LogP contribution < -0.4 is 20.9 Å². The maximum absolute atomic E-state index is 12.1. The molecule has 9 heteroatoms. The van der Waals surface area contributed by atoms with Gasteiger partial charge >= 0.3 is 0 Å². The molecule has 0 radical (unpaired) electrons. The van der Waals surface area contributed by atoms with Crippen LogP contribution in [0.5, 0.6) is 5.75 Å². The molecule has 144 valence electrons. The van der Waals surface area contributed by atoms with Crippen molar-refractivity contribution in [1.82, 2.24) is 16.2 Å². The Morgan fingerprint density at radius 3 is 2.93 bits per heavy atom. The van der Waals surface area contributed by atoms with Crippen LogP contribution in [0.3, 0.4) is 0 Å². The van der Waals surface area contributed by atoms with Gasteiger partial charge in [0.2, 0.25) is 11.8 Å². The van der Waals surface area contributed by atoms with Crippen LogP contribution >= 0.6 is 23.2 Å². The van der Waals surface area contributed by atoms with Gasteiger partial charge in [0.25, 0.3) is 0 Å². The number of amidine groups is 1. The van der Waals surface area contributed by atoms with E-state index in [1.54, 1.807) is 18.2 Å². The topological polar surface area (TPSA) is 91.8 Å². The molecule has 7 nitrogen and oxygen atoms in total. The Hall–Kier alpha value is -2.25. The lowest BCUT2D eigenvalue weighted by Gasteiger charge is -2.18. The Balaban J connectivity index is 1.61. The van der Waals surface area contributed by atoms with Crippen molar-refractivity contribution >= 4 is 40.9 Å². The summed E-state index contributed by atoms with van der Waals surface area (Å²) in [6, 6.07) is 3.47. The third-order valence-electron chi connectivity index (χ3n) is 4.48. The number of hydrogen-bond donors (Lipinski definition) is 3. The Labute approximate surface area is 167 Å². The van der Waals surface area contributed by atoms with Crippen molar-refractivity contribution in [3.05, 3.63) is 40.4 Å². The average Bonchev–Trinajstić information content (AvgIpc) is 3.29. The molecule has 27 heavy (non-hydrogen) atoms. The fourth-order valence-corrected chi connectivity index (χ4v) is 3.57. The molecule has 3 N–H and O–H groups in total. The lowest BCUT2D eigenvalue weighted by Crippen LogP contribution is -2.44. The highest BCUT2D eigenvalue weighted by Gasteiger charge is 2.30. The highest BCUT2D eigenvalue weighted by molar-refractivity contribution is 6.42. The van der Waals surface area contributed by atoms with Gasteiger partial charge in [-0.15, -0.1) is 0 Å². The number of hydrogen-bond acceptors (Lipinski definition) is 5. The number of amides is 2. The van der Waals surface area contributed by atoms with Gasteiger partial charge in [-0.2, -0.15) is 0 Å². The van der Waals surface area contributed by atoms with E-state index >= 15 is 0 Å². The van der Waals surface area contributed by atoms with E-state index < -0.39 is 0 Å². The van der Waals surface area contributed by atoms with Crippen molar-refractivity contribution < 1.29 is 14.3 Å². The summed E-state index contributed by atoms with van der Waals surface area (Å²) in [5, 5.41) is 3.53. The molecule has 0 aliphatic carbocycles. The van der Waals surface area contributed by atoms with Gasteiger partial charge in [-0.25, -0.2) is 0 Å². The summed E-state index contributed by atoms with van der Waals surface area (Å²) in [5.41, 5.74) is 6.26. The van der Waals surface area contributed by atoms with Crippen molar-refractivity contribution in [3.63, 3.8) is 0 Å². The van der Waals surface area contributed by atoms with Gasteiger partial charge in [0.1, 0.15) is 18.2 Å². The Bertz CT molecular complexity index is 797. The van der Waals surface area contributed by atoms with Crippen LogP contribution in [0.25, 0.3) is 0 Å². The summed E-state index contributed by atoms with van der Waals surface area (Å²) >= 11 is 12.6. The number of nitrogens with one attached hydrogen (secondary N) is 3. The van der Waals surface area contributed by atoms with Crippen LogP contribution in [-0.4, -0.2) is 37.3 Å². The second-order valence-corrected chi connectivity index (χ2v) is 7.17. The number of rotatable bonds is 5. The van der Waals surface area contributed by atoms with E-state index in [1.165, 1.54) is 0 Å². The molecule has 2 aliphatic heterocycles. The molecule has 1 unspecified atom stereocenters. The van der Waals surface area contributed by atoms with E-state index in [-0.39, 0.29) is 30.1 Å². The van der Waals surface area contributed by atoms with Gasteiger partial charge in [-0.3, -0.25) is 25.4 Å². The molecule has 1 aromatic rings. The fraction of sp³-hybridized carbons (Fsp3) is 0.389. The monoisotopic (exact) mass is 410 g/mol. The minimum absolute atomic E-state index is 0.0230. The van der Waals surface area contributed by atoms with Gasteiger partial charge in [0.15, 0.2) is 0 Å². The molecule has 2 amide bonds. The van der Waals surface area contributed by atoms with E-state index in [1.807, 2.05) is 0 Å². The van der Waals surface area contributed by atoms with Crippen LogP contribution in [0.2, 0.25) is 10.0 Å². The first-order valence-electron chi connectivity index (χ1n) is 8.57. The normalized spacial score (nSPS) is 21.4. The molecule has 0 bridgehead atoms. The highest BCUT2D eigenvalue weighted by atomic mass is 35.5. The summed E-state index contributed by atoms with van der Waals surface area (Å²) < 4.78 is 5.70. The standard InChI is InChI=1S/C18H20Cl2N4O3/c1-2-5-27-13-4-3-12(19)17(20)16(13)10-6-14(21-8-10)23-24-18(26)11-7-15(25)22-9-11/h2-4,10-11H,1,5-9H2,(H,21,23)(H,22,25)(H,24,26)/t10-,11?/m1/s1. The zero-order valence-electron chi connectivity index (χ0n) is 14.6. The van der Waals surface area contributed by atoms with E-state index in [2.05, 4.69) is 27.7 Å². The Morgan fingerprint density at radius 1 is 1.41 bits per heavy atom. The molecule has 1 fully saturated rings. The quantitative estimate of drug-likeness (QED) is 0.512. The first kappa shape index (κ1) is 19.5. The molecule has 0 spiro atoms. The Morgan fingerprint density at radius 2 is 2.22 bits per heavy atom. The SMILES string of the molecule is C=CCOc1ccc(Cl)c(Cl)c1[C@H]1CN=C(NNC(=O)C2CNC(=O)C2)C1. The number of halogens is 2. The predicted octanol–water partition coefficient (Wildman–Crippen LogP) is 2.20. The maximum atomic E-state index is 12.1. The lowest BCUT2D eigenvalue weighted by atomic mass is 9.96. The summed E-state index contributed by atoms with van der Waals surface area (Å²) in [6.45, 7) is 4.85. The summed E-state index contributed by atoms with van der Waals surface area (Å²) in [6.07, 6.45) is 2.40. The zero-order chi connectivity index (χ0) is 19.4. The van der Waals surface area contributed by atoms with E-state index in [0.29, 0.717) is 47.7 Å². The van der Waals surface area contributed by atoms with Crippen molar-refractivity contribution in [2.45, 2.75) is 18.8 Å². The average molecular weight is 411 g/mol. The molecule has 2 heterocycles. The van der Waals surface area contributed by atoms with Gasteiger partial charge < -0.3 is 10.1 Å². The van der Waals surface area contributed by atoms with Gasteiger partial charge in [0, 0.05) is 37.4 Å². The summed E-state index contributed by atoms with van der Waals surface area (Å²) in [7, 11) is 0. The third kappa shape index (κ3) is 4.54. The van der Waals surface area contributed by atoms with Crippen LogP contribution in [0, 0.1) is 5.92 Å². The van der Waals surface area contributed by atoms with Gasteiger partial charge in [0.05, 0.1) is 16.0 Å². The maximum Gasteiger partial charge on any atom is 0.243 e. The van der Waals surface area contributed by atoms with Crippen LogP contribution in [0.1, 0.15) is 24.3 Å². The molecular formula is C18H20Cl2N4O3. The second-order valence-electron chi connectivity index (χ2n) is 6.38. The Kier molecular flexibility index (Phi) is 6.23. The number of hydrazine groups is 1. The molecule has 1 aromatic carbocycles. The number of nitrogens with zero attached hydrogens (tertiary/aromatic N) is 1. The minimum atomic E-state index is -0.371. The van der Waals surface area contributed by atoms with Crippen LogP contribution in [0.4, 0.5) is 0 Å². The summed E-state index contributed by atoms with van der Waals surface area (Å²) in [5.74, 6) is 0.530. The minimum Gasteiger partial charge on any atom is -0.489 e. The van der Waals surface area contributed by atoms with Crippen molar-refractivity contribution in [2.75, 3.05) is 19.7 Å². The highest BCUT2D eigenvalue weighted by Crippen LogP contribution is 2.41. The first-order valence-corrected chi connectivity index (χ1v) is 9.32. The van der Waals surface area contributed by atoms with E-state index in [0.717, 1.165) is 5.56 Å². The third-order valence-corrected chi connectivity index (χ3v) is 5.30. The second kappa shape index (κ2) is 8.63. The van der Waals surface area contributed by atoms with Crippen molar-refractivity contribution in [3.8, 4) is 5.75 Å². The van der Waals surface area contributed by atoms with E-state index in [9.17, 15) is 9.59 Å². The number of benzene rings is 1. The molecule has 2 atom stereocenters. The zero-order valence-corrected chi connectivity index (χ0v) is 16.1. The van der Waals surface area contributed by atoms with Crippen molar-refractivity contribution in [2.24, 2.45) is 10.9 Å². The molecule has 0 saturated carbocycles. The van der Waals surface area contributed by atoms with Crippen LogP contribution in [0.15, 0.2) is 29.8 Å². The van der Waals surface area contributed by atoms with Crippen LogP contribution in [-0.2, 0) is 9.59 Å². The first-order chi connectivity index (χ1) is 13.0. The molecular weight excluding hydrogens is 391 g/mol. The number of carbonyl (C=O) groups excluding carboxylic acids is 2. The molecule has 2 aliphatic rings. The van der Waals surface area contributed by atoms with Gasteiger partial charge in [-0.05, 0) is 12.1 Å². The number of ether oxygens (including phenoxy) is 1. The molecule has 1 saturated heterocycles. The lowest BCUT2D eigenvalue weighted by molar-refractivity contribution is -0.126. The number of aliphatic imine (C=N–C) groups is 1. The summed E-state index contributed by atoms with van der Waals surface area (Å²) in [4.78, 5) is 27.7. The predicted molar refractivity (Wildman–Crippen MR) is 104 cm³/mol. The largest absolute Gasteiger partial charge is 0.489 e. The molecule has 0 aromatic heterocycles. The number of carbonyl (C=O) groups is 2. The van der Waals surface area contributed by atoms with Crippen molar-refractivity contribution in [1.29, 1.82) is 0 Å². The fourth-order valence-electron chi connectivity index (χ4n) is 3.10. The van der Waals surface area contributed by atoms with E-state index in [4.69, 9.17) is 27.9 Å². The smallest absolute Gasteiger partial charge is 0.243 e. The molecule has 3 rings (SSSR count). The van der Waals surface area contributed by atoms with Gasteiger partial charge in [-0.1, -0.05) is 35.9 Å².